The number of nitrogens with one attached hydrogen (secondary N) is 1. The summed E-state index contributed by atoms with van der Waals surface area (Å²) in [7, 11) is 0. The Morgan fingerprint density at radius 2 is 1.89 bits per heavy atom. The number of oxazole rings is 1. The molecule has 3 N–H and O–H groups in total. The van der Waals surface area contributed by atoms with Crippen molar-refractivity contribution in [2.45, 2.75) is 46.4 Å². The fourth-order valence-corrected chi connectivity index (χ4v) is 3.72. The Balaban J connectivity index is 0.00000176. The molecule has 7 nitrogen and oxygen atoms in total. The van der Waals surface area contributed by atoms with Crippen LogP contribution in [0.4, 0.5) is 8.78 Å². The van der Waals surface area contributed by atoms with E-state index in [2.05, 4.69) is 15.0 Å². The van der Waals surface area contributed by atoms with E-state index in [1.54, 1.807) is 18.2 Å². The van der Waals surface area contributed by atoms with Crippen molar-refractivity contribution < 1.29 is 27.5 Å². The second-order valence-corrected chi connectivity index (χ2v) is 8.49. The van der Waals surface area contributed by atoms with E-state index in [4.69, 9.17) is 38.1 Å². The Bertz CT molecular complexity index is 1170. The van der Waals surface area contributed by atoms with Gasteiger partial charge in [0.25, 0.3) is 5.91 Å². The number of halogens is 4. The Morgan fingerprint density at radius 3 is 2.50 bits per heavy atom. The minimum atomic E-state index is -3.00. The van der Waals surface area contributed by atoms with Gasteiger partial charge < -0.3 is 24.9 Å². The van der Waals surface area contributed by atoms with Gasteiger partial charge >= 0.3 is 6.61 Å². The molecule has 2 aromatic carbocycles. The van der Waals surface area contributed by atoms with Crippen LogP contribution in [-0.2, 0) is 13.1 Å². The van der Waals surface area contributed by atoms with Gasteiger partial charge in [-0.05, 0) is 49.1 Å². The zero-order valence-electron chi connectivity index (χ0n) is 19.8. The average molecular weight is 542 g/mol. The standard InChI is InChI=1S/C23H21Cl2F2N3O4.C2H6/c24-15-2-1-3-16(25)14(15)10-29-21(31)20-19(9-28)33-22(30-20)13-6-7-17(34-23(26)27)18(8-13)32-11-12-4-5-12;1-2/h1-3,6-8,12,23H,4-5,9-11,28H2,(H,29,31);1-2H3. The van der Waals surface area contributed by atoms with Gasteiger partial charge in [0.15, 0.2) is 23.0 Å². The molecular formula is C25H27Cl2F2N3O4. The number of hydrogen-bond donors (Lipinski definition) is 2. The number of carbonyl (C=O) groups excluding carboxylic acids is 1. The molecule has 0 atom stereocenters. The molecule has 1 heterocycles. The number of nitrogens with zero attached hydrogens (tertiary/aromatic N) is 1. The number of rotatable bonds is 10. The molecule has 1 fully saturated rings. The molecule has 0 aliphatic heterocycles. The Morgan fingerprint density at radius 1 is 1.19 bits per heavy atom. The molecular weight excluding hydrogens is 515 g/mol. The van der Waals surface area contributed by atoms with Crippen LogP contribution < -0.4 is 20.5 Å². The lowest BCUT2D eigenvalue weighted by molar-refractivity contribution is -0.0515. The quantitative estimate of drug-likeness (QED) is 0.305. The van der Waals surface area contributed by atoms with Crippen molar-refractivity contribution in [2.75, 3.05) is 6.61 Å². The number of amides is 1. The minimum absolute atomic E-state index is 0.00553. The normalized spacial score (nSPS) is 12.7. The molecule has 3 aromatic rings. The summed E-state index contributed by atoms with van der Waals surface area (Å²) < 4.78 is 41.5. The fourth-order valence-electron chi connectivity index (χ4n) is 3.18. The minimum Gasteiger partial charge on any atom is -0.489 e. The van der Waals surface area contributed by atoms with Gasteiger partial charge in [-0.15, -0.1) is 0 Å². The molecule has 1 aromatic heterocycles. The predicted octanol–water partition coefficient (Wildman–Crippen LogP) is 6.45. The maximum atomic E-state index is 12.8. The van der Waals surface area contributed by atoms with Crippen molar-refractivity contribution >= 4 is 29.1 Å². The molecule has 1 saturated carbocycles. The van der Waals surface area contributed by atoms with Gasteiger partial charge in [-0.3, -0.25) is 4.79 Å². The summed E-state index contributed by atoms with van der Waals surface area (Å²) in [5.74, 6) is 0.147. The molecule has 4 rings (SSSR count). The highest BCUT2D eigenvalue weighted by Gasteiger charge is 2.25. The van der Waals surface area contributed by atoms with Gasteiger partial charge in [-0.1, -0.05) is 43.1 Å². The SMILES string of the molecule is CC.NCc1oc(-c2ccc(OC(F)F)c(OCC3CC3)c2)nc1C(=O)NCc1c(Cl)cccc1Cl. The van der Waals surface area contributed by atoms with Gasteiger partial charge in [0, 0.05) is 27.7 Å². The van der Waals surface area contributed by atoms with Crippen molar-refractivity contribution in [1.29, 1.82) is 0 Å². The molecule has 0 bridgehead atoms. The first-order chi connectivity index (χ1) is 17.4. The summed E-state index contributed by atoms with van der Waals surface area (Å²) >= 11 is 12.3. The zero-order chi connectivity index (χ0) is 26.2. The smallest absolute Gasteiger partial charge is 0.387 e. The first-order valence-corrected chi connectivity index (χ1v) is 12.2. The molecule has 0 saturated heterocycles. The lowest BCUT2D eigenvalue weighted by Crippen LogP contribution is -2.25. The van der Waals surface area contributed by atoms with Crippen molar-refractivity contribution in [1.82, 2.24) is 10.3 Å². The monoisotopic (exact) mass is 541 g/mol. The maximum Gasteiger partial charge on any atom is 0.387 e. The molecule has 0 unspecified atom stereocenters. The van der Waals surface area contributed by atoms with Gasteiger partial charge in [0.2, 0.25) is 5.89 Å². The van der Waals surface area contributed by atoms with Crippen LogP contribution in [0.25, 0.3) is 11.5 Å². The number of benzene rings is 2. The largest absolute Gasteiger partial charge is 0.489 e. The summed E-state index contributed by atoms with van der Waals surface area (Å²) in [6.45, 7) is 1.38. The van der Waals surface area contributed by atoms with Crippen molar-refractivity contribution in [3.05, 3.63) is 63.5 Å². The maximum absolute atomic E-state index is 12.8. The number of alkyl halides is 2. The third kappa shape index (κ3) is 7.09. The van der Waals surface area contributed by atoms with Gasteiger partial charge in [-0.25, -0.2) is 4.98 Å². The fraction of sp³-hybridized carbons (Fsp3) is 0.360. The Kier molecular flexibility index (Phi) is 9.92. The van der Waals surface area contributed by atoms with Crippen LogP contribution >= 0.6 is 23.2 Å². The molecule has 36 heavy (non-hydrogen) atoms. The third-order valence-corrected chi connectivity index (χ3v) is 5.87. The van der Waals surface area contributed by atoms with Crippen LogP contribution in [-0.4, -0.2) is 24.1 Å². The van der Waals surface area contributed by atoms with E-state index >= 15 is 0 Å². The van der Waals surface area contributed by atoms with Crippen LogP contribution in [0.3, 0.4) is 0 Å². The highest BCUT2D eigenvalue weighted by atomic mass is 35.5. The highest BCUT2D eigenvalue weighted by molar-refractivity contribution is 6.36. The molecule has 1 aliphatic carbocycles. The van der Waals surface area contributed by atoms with Crippen molar-refractivity contribution in [3.63, 3.8) is 0 Å². The van der Waals surface area contributed by atoms with Crippen molar-refractivity contribution in [2.24, 2.45) is 11.7 Å². The summed E-state index contributed by atoms with van der Waals surface area (Å²) in [4.78, 5) is 17.1. The molecule has 11 heteroatoms. The molecule has 1 amide bonds. The molecule has 0 spiro atoms. The van der Waals surface area contributed by atoms with E-state index in [0.717, 1.165) is 12.8 Å². The predicted molar refractivity (Wildman–Crippen MR) is 134 cm³/mol. The van der Waals surface area contributed by atoms with E-state index < -0.39 is 12.5 Å². The van der Waals surface area contributed by atoms with Crippen LogP contribution in [0.15, 0.2) is 40.8 Å². The van der Waals surface area contributed by atoms with Gasteiger partial charge in [0.05, 0.1) is 13.2 Å². The summed E-state index contributed by atoms with van der Waals surface area (Å²) in [5, 5.41) is 3.53. The lowest BCUT2D eigenvalue weighted by Gasteiger charge is -2.12. The van der Waals surface area contributed by atoms with Gasteiger partial charge in [0.1, 0.15) is 0 Å². The van der Waals surface area contributed by atoms with Gasteiger partial charge in [-0.2, -0.15) is 8.78 Å². The zero-order valence-corrected chi connectivity index (χ0v) is 21.3. The molecule has 194 valence electrons. The number of aromatic nitrogens is 1. The van der Waals surface area contributed by atoms with Crippen LogP contribution in [0.1, 0.15) is 48.5 Å². The van der Waals surface area contributed by atoms with E-state index in [-0.39, 0.29) is 41.9 Å². The van der Waals surface area contributed by atoms with Crippen LogP contribution in [0, 0.1) is 5.92 Å². The number of carbonyl (C=O) groups is 1. The van der Waals surface area contributed by atoms with Crippen molar-refractivity contribution in [3.8, 4) is 23.0 Å². The molecule has 0 radical (unpaired) electrons. The molecule has 1 aliphatic rings. The van der Waals surface area contributed by atoms with E-state index in [1.165, 1.54) is 18.2 Å². The van der Waals surface area contributed by atoms with Crippen LogP contribution in [0.5, 0.6) is 11.5 Å². The van der Waals surface area contributed by atoms with E-state index in [0.29, 0.717) is 33.7 Å². The second-order valence-electron chi connectivity index (χ2n) is 7.67. The average Bonchev–Trinajstić information content (AvgIpc) is 3.59. The third-order valence-electron chi connectivity index (χ3n) is 5.16. The first kappa shape index (κ1) is 27.7. The highest BCUT2D eigenvalue weighted by Crippen LogP contribution is 2.36. The van der Waals surface area contributed by atoms with E-state index in [9.17, 15) is 13.6 Å². The Hall–Kier alpha value is -2.88. The first-order valence-electron chi connectivity index (χ1n) is 11.5. The summed E-state index contributed by atoms with van der Waals surface area (Å²) in [6, 6.07) is 9.34. The summed E-state index contributed by atoms with van der Waals surface area (Å²) in [5.41, 5.74) is 6.71. The number of ether oxygens (including phenoxy) is 2. The Labute approximate surface area is 217 Å². The second kappa shape index (κ2) is 12.9. The lowest BCUT2D eigenvalue weighted by atomic mass is 10.2. The summed E-state index contributed by atoms with van der Waals surface area (Å²) in [6.07, 6.45) is 2.06. The van der Waals surface area contributed by atoms with Crippen LogP contribution in [0.2, 0.25) is 10.0 Å². The van der Waals surface area contributed by atoms with E-state index in [1.807, 2.05) is 13.8 Å². The topological polar surface area (TPSA) is 99.6 Å². The number of hydrogen-bond acceptors (Lipinski definition) is 6. The number of nitrogens with two attached hydrogens (primary N) is 1.